The van der Waals surface area contributed by atoms with Crippen molar-refractivity contribution in [3.8, 4) is 5.82 Å². The molecule has 2 aromatic rings. The molecule has 0 aliphatic carbocycles. The van der Waals surface area contributed by atoms with Gasteiger partial charge in [0, 0.05) is 5.69 Å². The molecule has 2 heterocycles. The lowest BCUT2D eigenvalue weighted by atomic mass is 10.2. The SMILES string of the molecule is Cc1ccc(C(=O)O)c(-n2ccc([N+](=O)[O-])n2)n1. The molecule has 0 spiro atoms. The second kappa shape index (κ2) is 4.24. The summed E-state index contributed by atoms with van der Waals surface area (Å²) in [6, 6.07) is 4.11. The zero-order chi connectivity index (χ0) is 13.3. The third-order valence-electron chi connectivity index (χ3n) is 2.22. The van der Waals surface area contributed by atoms with Crippen molar-refractivity contribution in [2.45, 2.75) is 6.92 Å². The van der Waals surface area contributed by atoms with Gasteiger partial charge in [0.2, 0.25) is 0 Å². The molecule has 1 N–H and O–H groups in total. The first-order chi connectivity index (χ1) is 8.49. The quantitative estimate of drug-likeness (QED) is 0.644. The molecule has 0 aliphatic heterocycles. The van der Waals surface area contributed by atoms with E-state index in [2.05, 4.69) is 10.1 Å². The van der Waals surface area contributed by atoms with E-state index in [4.69, 9.17) is 5.11 Å². The molecule has 8 heteroatoms. The minimum atomic E-state index is -1.17. The smallest absolute Gasteiger partial charge is 0.390 e. The second-order valence-corrected chi connectivity index (χ2v) is 3.50. The fraction of sp³-hybridized carbons (Fsp3) is 0.100. The second-order valence-electron chi connectivity index (χ2n) is 3.50. The van der Waals surface area contributed by atoms with Crippen LogP contribution in [-0.4, -0.2) is 30.8 Å². The molecule has 2 aromatic heterocycles. The van der Waals surface area contributed by atoms with Crippen LogP contribution in [0.5, 0.6) is 0 Å². The Morgan fingerprint density at radius 2 is 2.17 bits per heavy atom. The number of aromatic nitrogens is 3. The van der Waals surface area contributed by atoms with Crippen LogP contribution in [0, 0.1) is 17.0 Å². The number of hydrogen-bond acceptors (Lipinski definition) is 5. The summed E-state index contributed by atoms with van der Waals surface area (Å²) in [6.45, 7) is 1.69. The maximum Gasteiger partial charge on any atom is 0.390 e. The van der Waals surface area contributed by atoms with E-state index < -0.39 is 10.9 Å². The molecule has 2 rings (SSSR count). The molecule has 18 heavy (non-hydrogen) atoms. The number of pyridine rings is 1. The molecule has 0 aliphatic rings. The Morgan fingerprint density at radius 3 is 2.72 bits per heavy atom. The highest BCUT2D eigenvalue weighted by Gasteiger charge is 2.19. The van der Waals surface area contributed by atoms with Gasteiger partial charge in [-0.1, -0.05) is 0 Å². The Kier molecular flexibility index (Phi) is 2.76. The summed E-state index contributed by atoms with van der Waals surface area (Å²) >= 11 is 0. The van der Waals surface area contributed by atoms with Crippen LogP contribution in [0.2, 0.25) is 0 Å². The van der Waals surface area contributed by atoms with E-state index in [-0.39, 0.29) is 17.2 Å². The largest absolute Gasteiger partial charge is 0.478 e. The summed E-state index contributed by atoms with van der Waals surface area (Å²) in [5.41, 5.74) is 0.520. The third kappa shape index (κ3) is 2.03. The zero-order valence-electron chi connectivity index (χ0n) is 9.27. The van der Waals surface area contributed by atoms with Gasteiger partial charge in [-0.3, -0.25) is 0 Å². The number of aromatic carboxylic acids is 1. The van der Waals surface area contributed by atoms with Gasteiger partial charge >= 0.3 is 11.8 Å². The third-order valence-corrected chi connectivity index (χ3v) is 2.22. The Labute approximate surface area is 101 Å². The van der Waals surface area contributed by atoms with Crippen LogP contribution in [0.15, 0.2) is 24.4 Å². The van der Waals surface area contributed by atoms with E-state index in [0.717, 1.165) is 4.68 Å². The summed E-state index contributed by atoms with van der Waals surface area (Å²) in [6.07, 6.45) is 1.30. The van der Waals surface area contributed by atoms with Gasteiger partial charge in [-0.05, 0) is 24.0 Å². The highest BCUT2D eigenvalue weighted by molar-refractivity contribution is 5.91. The van der Waals surface area contributed by atoms with E-state index in [9.17, 15) is 14.9 Å². The van der Waals surface area contributed by atoms with Crippen molar-refractivity contribution >= 4 is 11.8 Å². The lowest BCUT2D eigenvalue weighted by Crippen LogP contribution is -2.09. The van der Waals surface area contributed by atoms with Crippen molar-refractivity contribution in [1.82, 2.24) is 14.8 Å². The lowest BCUT2D eigenvalue weighted by Gasteiger charge is -2.02. The molecule has 8 nitrogen and oxygen atoms in total. The first-order valence-corrected chi connectivity index (χ1v) is 4.90. The van der Waals surface area contributed by atoms with Gasteiger partial charge in [-0.15, -0.1) is 4.68 Å². The van der Waals surface area contributed by atoms with Gasteiger partial charge in [-0.25, -0.2) is 9.78 Å². The van der Waals surface area contributed by atoms with E-state index in [1.807, 2.05) is 0 Å². The number of nitro groups is 1. The summed E-state index contributed by atoms with van der Waals surface area (Å²) < 4.78 is 1.08. The molecule has 92 valence electrons. The highest BCUT2D eigenvalue weighted by atomic mass is 16.6. The molecule has 0 atom stereocenters. The number of nitrogens with zero attached hydrogens (tertiary/aromatic N) is 4. The minimum absolute atomic E-state index is 0.0515. The van der Waals surface area contributed by atoms with E-state index in [0.29, 0.717) is 5.69 Å². The average molecular weight is 248 g/mol. The fourth-order valence-electron chi connectivity index (χ4n) is 1.41. The van der Waals surface area contributed by atoms with Crippen LogP contribution in [0.1, 0.15) is 16.1 Å². The number of carboxylic acid groups (broad SMARTS) is 1. The molecule has 0 amide bonds. The van der Waals surface area contributed by atoms with Crippen molar-refractivity contribution in [3.63, 3.8) is 0 Å². The van der Waals surface area contributed by atoms with Crippen LogP contribution in [-0.2, 0) is 0 Å². The van der Waals surface area contributed by atoms with Gasteiger partial charge in [0.15, 0.2) is 5.82 Å². The van der Waals surface area contributed by atoms with Gasteiger partial charge in [0.05, 0.1) is 17.4 Å². The molecule has 0 unspecified atom stereocenters. The number of carboxylic acids is 1. The molecule has 0 fully saturated rings. The van der Waals surface area contributed by atoms with Gasteiger partial charge < -0.3 is 15.2 Å². The topological polar surface area (TPSA) is 111 Å². The standard InChI is InChI=1S/C10H8N4O4/c1-6-2-3-7(10(15)16)9(11-6)13-5-4-8(12-13)14(17)18/h2-5H,1H3,(H,15,16). The van der Waals surface area contributed by atoms with Crippen LogP contribution in [0.25, 0.3) is 5.82 Å². The number of hydrogen-bond donors (Lipinski definition) is 1. The molecular weight excluding hydrogens is 240 g/mol. The molecule has 0 radical (unpaired) electrons. The number of rotatable bonds is 3. The molecule has 0 saturated heterocycles. The molecular formula is C10H8N4O4. The van der Waals surface area contributed by atoms with Crippen molar-refractivity contribution < 1.29 is 14.8 Å². The molecule has 0 bridgehead atoms. The first kappa shape index (κ1) is 11.7. The normalized spacial score (nSPS) is 10.3. The predicted molar refractivity (Wildman–Crippen MR) is 59.7 cm³/mol. The summed E-state index contributed by atoms with van der Waals surface area (Å²) in [5.74, 6) is -1.49. The molecule has 0 aromatic carbocycles. The van der Waals surface area contributed by atoms with E-state index in [1.54, 1.807) is 13.0 Å². The van der Waals surface area contributed by atoms with Crippen LogP contribution in [0.3, 0.4) is 0 Å². The van der Waals surface area contributed by atoms with Crippen molar-refractivity contribution in [2.24, 2.45) is 0 Å². The average Bonchev–Trinajstić information content (AvgIpc) is 2.77. The first-order valence-electron chi connectivity index (χ1n) is 4.90. The summed E-state index contributed by atoms with van der Waals surface area (Å²) in [5, 5.41) is 23.2. The van der Waals surface area contributed by atoms with E-state index in [1.165, 1.54) is 18.3 Å². The number of aryl methyl sites for hydroxylation is 1. The van der Waals surface area contributed by atoms with E-state index >= 15 is 0 Å². The van der Waals surface area contributed by atoms with Crippen molar-refractivity contribution in [3.05, 3.63) is 45.8 Å². The van der Waals surface area contributed by atoms with Crippen LogP contribution < -0.4 is 0 Å². The Balaban J connectivity index is 2.57. The zero-order valence-corrected chi connectivity index (χ0v) is 9.27. The maximum atomic E-state index is 11.0. The minimum Gasteiger partial charge on any atom is -0.478 e. The Morgan fingerprint density at radius 1 is 1.44 bits per heavy atom. The maximum absolute atomic E-state index is 11.0. The van der Waals surface area contributed by atoms with Gasteiger partial charge in [0.25, 0.3) is 0 Å². The lowest BCUT2D eigenvalue weighted by molar-refractivity contribution is -0.389. The van der Waals surface area contributed by atoms with Crippen molar-refractivity contribution in [2.75, 3.05) is 0 Å². The monoisotopic (exact) mass is 248 g/mol. The Bertz CT molecular complexity index is 635. The van der Waals surface area contributed by atoms with Crippen LogP contribution >= 0.6 is 0 Å². The Hall–Kier alpha value is -2.77. The van der Waals surface area contributed by atoms with Crippen molar-refractivity contribution in [1.29, 1.82) is 0 Å². The highest BCUT2D eigenvalue weighted by Crippen LogP contribution is 2.15. The number of carbonyl (C=O) groups is 1. The van der Waals surface area contributed by atoms with Gasteiger partial charge in [-0.2, -0.15) is 0 Å². The summed E-state index contributed by atoms with van der Waals surface area (Å²) in [7, 11) is 0. The molecule has 0 saturated carbocycles. The fourth-order valence-corrected chi connectivity index (χ4v) is 1.41. The summed E-state index contributed by atoms with van der Waals surface area (Å²) in [4.78, 5) is 24.9. The van der Waals surface area contributed by atoms with Gasteiger partial charge in [0.1, 0.15) is 5.56 Å². The van der Waals surface area contributed by atoms with Crippen LogP contribution in [0.4, 0.5) is 5.82 Å². The predicted octanol–water partition coefficient (Wildman–Crippen LogP) is 1.18.